The number of thioether (sulfide) groups is 1. The molecule has 130 valence electrons. The molecule has 1 aromatic carbocycles. The van der Waals surface area contributed by atoms with Gasteiger partial charge in [0.2, 0.25) is 5.91 Å². The fourth-order valence-electron chi connectivity index (χ4n) is 2.05. The number of anilines is 1. The summed E-state index contributed by atoms with van der Waals surface area (Å²) in [5.41, 5.74) is 0.286. The molecule has 2 aromatic rings. The molecule has 1 amide bonds. The maximum atomic E-state index is 12.1. The van der Waals surface area contributed by atoms with Gasteiger partial charge >= 0.3 is 5.69 Å². The number of aromatic amines is 1. The van der Waals surface area contributed by atoms with Crippen LogP contribution < -0.4 is 20.5 Å². The Morgan fingerprint density at radius 1 is 1.38 bits per heavy atom. The number of benzene rings is 1. The summed E-state index contributed by atoms with van der Waals surface area (Å²) in [5, 5.41) is 9.61. The number of ether oxygens (including phenoxy) is 2. The first-order valence-corrected chi connectivity index (χ1v) is 8.37. The largest absolute Gasteiger partial charge is 0.497 e. The monoisotopic (exact) mass is 352 g/mol. The Balaban J connectivity index is 2.00. The van der Waals surface area contributed by atoms with Crippen molar-refractivity contribution in [1.29, 1.82) is 0 Å². The predicted octanol–water partition coefficient (Wildman–Crippen LogP) is 1.73. The van der Waals surface area contributed by atoms with Gasteiger partial charge in [-0.05, 0) is 18.6 Å². The molecule has 0 radical (unpaired) electrons. The van der Waals surface area contributed by atoms with Gasteiger partial charge in [-0.3, -0.25) is 9.36 Å². The lowest BCUT2D eigenvalue weighted by atomic mass is 10.2. The van der Waals surface area contributed by atoms with E-state index in [0.29, 0.717) is 28.9 Å². The van der Waals surface area contributed by atoms with Crippen LogP contribution >= 0.6 is 11.8 Å². The fourth-order valence-corrected chi connectivity index (χ4v) is 2.82. The first-order valence-electron chi connectivity index (χ1n) is 7.39. The molecule has 0 unspecified atom stereocenters. The third kappa shape index (κ3) is 4.31. The van der Waals surface area contributed by atoms with E-state index >= 15 is 0 Å². The number of aromatic nitrogens is 3. The summed E-state index contributed by atoms with van der Waals surface area (Å²) in [6, 6.07) is 5.13. The number of hydrogen-bond donors (Lipinski definition) is 2. The molecule has 2 N–H and O–H groups in total. The van der Waals surface area contributed by atoms with Crippen LogP contribution in [0.4, 0.5) is 5.69 Å². The second-order valence-corrected chi connectivity index (χ2v) is 5.81. The van der Waals surface area contributed by atoms with Crippen molar-refractivity contribution in [3.05, 3.63) is 28.7 Å². The van der Waals surface area contributed by atoms with Gasteiger partial charge in [-0.2, -0.15) is 0 Å². The zero-order valence-electron chi connectivity index (χ0n) is 13.8. The molecule has 0 spiro atoms. The molecule has 2 rings (SSSR count). The molecule has 1 aromatic heterocycles. The summed E-state index contributed by atoms with van der Waals surface area (Å²) in [6.45, 7) is 2.53. The number of carbonyl (C=O) groups is 1. The standard InChI is InChI=1S/C15H20N4O4S/c1-4-7-19-14(21)17-18-15(19)24-9-13(20)16-11-6-5-10(22-2)8-12(11)23-3/h5-6,8H,4,7,9H2,1-3H3,(H,16,20)(H,17,21). The number of methoxy groups -OCH3 is 2. The molecular formula is C15H20N4O4S. The van der Waals surface area contributed by atoms with Gasteiger partial charge in [0.05, 0.1) is 25.7 Å². The van der Waals surface area contributed by atoms with Gasteiger partial charge in [0.25, 0.3) is 0 Å². The third-order valence-corrected chi connectivity index (χ3v) is 4.16. The average Bonchev–Trinajstić information content (AvgIpc) is 2.94. The first-order chi connectivity index (χ1) is 11.6. The van der Waals surface area contributed by atoms with Crippen LogP contribution in [0, 0.1) is 0 Å². The molecular weight excluding hydrogens is 332 g/mol. The van der Waals surface area contributed by atoms with Crippen LogP contribution in [0.5, 0.6) is 11.5 Å². The molecule has 8 nitrogen and oxygen atoms in total. The van der Waals surface area contributed by atoms with Crippen LogP contribution in [0.25, 0.3) is 0 Å². The van der Waals surface area contributed by atoms with E-state index in [1.54, 1.807) is 25.3 Å². The maximum Gasteiger partial charge on any atom is 0.343 e. The molecule has 0 aliphatic heterocycles. The maximum absolute atomic E-state index is 12.1. The van der Waals surface area contributed by atoms with Gasteiger partial charge in [0.15, 0.2) is 5.16 Å². The fraction of sp³-hybridized carbons (Fsp3) is 0.400. The number of hydrogen-bond acceptors (Lipinski definition) is 6. The summed E-state index contributed by atoms with van der Waals surface area (Å²) >= 11 is 1.20. The number of carbonyl (C=O) groups excluding carboxylic acids is 1. The summed E-state index contributed by atoms with van der Waals surface area (Å²) in [5.74, 6) is 1.06. The second kappa shape index (κ2) is 8.44. The Morgan fingerprint density at radius 3 is 2.83 bits per heavy atom. The topological polar surface area (TPSA) is 98.2 Å². The van der Waals surface area contributed by atoms with Gasteiger partial charge in [-0.15, -0.1) is 5.10 Å². The van der Waals surface area contributed by atoms with E-state index in [2.05, 4.69) is 15.5 Å². The van der Waals surface area contributed by atoms with E-state index in [9.17, 15) is 9.59 Å². The summed E-state index contributed by atoms with van der Waals surface area (Å²) in [4.78, 5) is 23.8. The SMILES string of the molecule is CCCn1c(SCC(=O)Nc2ccc(OC)cc2OC)n[nH]c1=O. The first kappa shape index (κ1) is 17.9. The minimum atomic E-state index is -0.267. The lowest BCUT2D eigenvalue weighted by Gasteiger charge is -2.11. The molecule has 0 saturated carbocycles. The smallest absolute Gasteiger partial charge is 0.343 e. The summed E-state index contributed by atoms with van der Waals surface area (Å²) < 4.78 is 11.9. The van der Waals surface area contributed by atoms with Crippen LogP contribution in [-0.4, -0.2) is 40.6 Å². The van der Waals surface area contributed by atoms with Crippen LogP contribution in [0.3, 0.4) is 0 Å². The van der Waals surface area contributed by atoms with E-state index in [1.165, 1.54) is 23.4 Å². The number of rotatable bonds is 8. The minimum absolute atomic E-state index is 0.128. The van der Waals surface area contributed by atoms with Gasteiger partial charge in [-0.1, -0.05) is 18.7 Å². The van der Waals surface area contributed by atoms with Crippen LogP contribution in [0.2, 0.25) is 0 Å². The number of nitrogens with zero attached hydrogens (tertiary/aromatic N) is 2. The van der Waals surface area contributed by atoms with E-state index in [4.69, 9.17) is 9.47 Å². The lowest BCUT2D eigenvalue weighted by molar-refractivity contribution is -0.113. The molecule has 24 heavy (non-hydrogen) atoms. The highest BCUT2D eigenvalue weighted by Gasteiger charge is 2.13. The lowest BCUT2D eigenvalue weighted by Crippen LogP contribution is -2.18. The summed E-state index contributed by atoms with van der Waals surface area (Å²) in [6.07, 6.45) is 0.808. The minimum Gasteiger partial charge on any atom is -0.497 e. The molecule has 0 atom stereocenters. The quantitative estimate of drug-likeness (QED) is 0.702. The molecule has 1 heterocycles. The Morgan fingerprint density at radius 2 is 2.17 bits per heavy atom. The Bertz CT molecular complexity index is 756. The van der Waals surface area contributed by atoms with Gasteiger partial charge in [0.1, 0.15) is 11.5 Å². The Hall–Kier alpha value is -2.42. The Labute approximate surface area is 143 Å². The van der Waals surface area contributed by atoms with Crippen molar-refractivity contribution in [1.82, 2.24) is 14.8 Å². The zero-order valence-corrected chi connectivity index (χ0v) is 14.6. The van der Waals surface area contributed by atoms with Crippen molar-refractivity contribution in [2.75, 3.05) is 25.3 Å². The van der Waals surface area contributed by atoms with Crippen LogP contribution in [0.15, 0.2) is 28.2 Å². The van der Waals surface area contributed by atoms with Crippen LogP contribution in [-0.2, 0) is 11.3 Å². The van der Waals surface area contributed by atoms with Crippen molar-refractivity contribution >= 4 is 23.4 Å². The highest BCUT2D eigenvalue weighted by Crippen LogP contribution is 2.29. The van der Waals surface area contributed by atoms with Gasteiger partial charge < -0.3 is 14.8 Å². The number of nitrogens with one attached hydrogen (secondary N) is 2. The third-order valence-electron chi connectivity index (χ3n) is 3.19. The van der Waals surface area contributed by atoms with Crippen molar-refractivity contribution in [2.24, 2.45) is 0 Å². The highest BCUT2D eigenvalue weighted by molar-refractivity contribution is 7.99. The predicted molar refractivity (Wildman–Crippen MR) is 92.0 cm³/mol. The molecule has 9 heteroatoms. The zero-order chi connectivity index (χ0) is 17.5. The molecule has 0 saturated heterocycles. The van der Waals surface area contributed by atoms with Gasteiger partial charge in [-0.25, -0.2) is 9.89 Å². The molecule has 0 bridgehead atoms. The highest BCUT2D eigenvalue weighted by atomic mass is 32.2. The van der Waals surface area contributed by atoms with E-state index < -0.39 is 0 Å². The van der Waals surface area contributed by atoms with Crippen molar-refractivity contribution in [3.63, 3.8) is 0 Å². The average molecular weight is 352 g/mol. The van der Waals surface area contributed by atoms with Crippen molar-refractivity contribution in [3.8, 4) is 11.5 Å². The van der Waals surface area contributed by atoms with E-state index in [0.717, 1.165) is 6.42 Å². The van der Waals surface area contributed by atoms with E-state index in [1.807, 2.05) is 6.92 Å². The summed E-state index contributed by atoms with van der Waals surface area (Å²) in [7, 11) is 3.08. The second-order valence-electron chi connectivity index (χ2n) is 4.87. The van der Waals surface area contributed by atoms with Crippen molar-refractivity contribution < 1.29 is 14.3 Å². The normalized spacial score (nSPS) is 10.5. The van der Waals surface area contributed by atoms with Gasteiger partial charge in [0, 0.05) is 12.6 Å². The molecule has 0 aliphatic carbocycles. The number of H-pyrrole nitrogens is 1. The Kier molecular flexibility index (Phi) is 6.30. The van der Waals surface area contributed by atoms with E-state index in [-0.39, 0.29) is 17.3 Å². The molecule has 0 aliphatic rings. The molecule has 0 fully saturated rings. The van der Waals surface area contributed by atoms with Crippen molar-refractivity contribution in [2.45, 2.75) is 25.0 Å². The number of amides is 1. The van der Waals surface area contributed by atoms with Crippen LogP contribution in [0.1, 0.15) is 13.3 Å².